The van der Waals surface area contributed by atoms with Crippen molar-refractivity contribution in [1.82, 2.24) is 10.2 Å². The van der Waals surface area contributed by atoms with E-state index in [1.54, 1.807) is 19.0 Å². The van der Waals surface area contributed by atoms with Crippen molar-refractivity contribution in [3.63, 3.8) is 0 Å². The van der Waals surface area contributed by atoms with Crippen LogP contribution in [0.3, 0.4) is 0 Å². The third-order valence-electron chi connectivity index (χ3n) is 1.71. The molecule has 0 saturated carbocycles. The number of hydrogen-bond acceptors (Lipinski definition) is 3. The van der Waals surface area contributed by atoms with Crippen LogP contribution in [0.1, 0.15) is 13.3 Å². The molecule has 0 aliphatic carbocycles. The second-order valence-corrected chi connectivity index (χ2v) is 3.28. The second kappa shape index (κ2) is 6.86. The first-order valence-electron chi connectivity index (χ1n) is 4.54. The molecule has 0 spiro atoms. The van der Waals surface area contributed by atoms with Gasteiger partial charge in [-0.15, -0.1) is 0 Å². The number of ether oxygens (including phenoxy) is 1. The first-order chi connectivity index (χ1) is 6.07. The van der Waals surface area contributed by atoms with E-state index in [1.165, 1.54) is 0 Å². The SMILES string of the molecule is CNCC(C)OCCC(=O)N(C)C. The maximum atomic E-state index is 11.1. The average Bonchev–Trinajstić information content (AvgIpc) is 2.04. The minimum atomic E-state index is 0.108. The molecule has 1 unspecified atom stereocenters. The summed E-state index contributed by atoms with van der Waals surface area (Å²) in [4.78, 5) is 12.7. The zero-order valence-corrected chi connectivity index (χ0v) is 8.96. The molecule has 4 nitrogen and oxygen atoms in total. The van der Waals surface area contributed by atoms with Crippen molar-refractivity contribution in [2.24, 2.45) is 0 Å². The molecule has 1 atom stereocenters. The molecule has 0 fully saturated rings. The van der Waals surface area contributed by atoms with Gasteiger partial charge < -0.3 is 15.0 Å². The van der Waals surface area contributed by atoms with Gasteiger partial charge in [0.1, 0.15) is 0 Å². The highest BCUT2D eigenvalue weighted by Gasteiger charge is 2.05. The van der Waals surface area contributed by atoms with E-state index in [-0.39, 0.29) is 12.0 Å². The zero-order chi connectivity index (χ0) is 10.3. The molecule has 1 amide bonds. The number of nitrogens with one attached hydrogen (secondary N) is 1. The van der Waals surface area contributed by atoms with E-state index in [0.29, 0.717) is 13.0 Å². The summed E-state index contributed by atoms with van der Waals surface area (Å²) < 4.78 is 5.39. The molecule has 1 N–H and O–H groups in total. The lowest BCUT2D eigenvalue weighted by Crippen LogP contribution is -2.27. The molecule has 0 aromatic rings. The van der Waals surface area contributed by atoms with Crippen LogP contribution in [-0.4, -0.2) is 51.2 Å². The van der Waals surface area contributed by atoms with Gasteiger partial charge in [-0.05, 0) is 14.0 Å². The van der Waals surface area contributed by atoms with Crippen LogP contribution in [-0.2, 0) is 9.53 Å². The Labute approximate surface area is 80.2 Å². The highest BCUT2D eigenvalue weighted by molar-refractivity contribution is 5.75. The summed E-state index contributed by atoms with van der Waals surface area (Å²) in [6.45, 7) is 3.30. The third kappa shape index (κ3) is 6.54. The van der Waals surface area contributed by atoms with E-state index >= 15 is 0 Å². The first-order valence-corrected chi connectivity index (χ1v) is 4.54. The number of nitrogens with zero attached hydrogens (tertiary/aromatic N) is 1. The predicted octanol–water partition coefficient (Wildman–Crippen LogP) is 0.0892. The molecule has 0 bridgehead atoms. The average molecular weight is 188 g/mol. The lowest BCUT2D eigenvalue weighted by atomic mass is 10.4. The van der Waals surface area contributed by atoms with E-state index < -0.39 is 0 Å². The quantitative estimate of drug-likeness (QED) is 0.642. The third-order valence-corrected chi connectivity index (χ3v) is 1.71. The number of carbonyl (C=O) groups excluding carboxylic acids is 1. The fourth-order valence-corrected chi connectivity index (χ4v) is 0.917. The van der Waals surface area contributed by atoms with E-state index in [9.17, 15) is 4.79 Å². The van der Waals surface area contributed by atoms with Gasteiger partial charge in [0.2, 0.25) is 5.91 Å². The fraction of sp³-hybridized carbons (Fsp3) is 0.889. The largest absolute Gasteiger partial charge is 0.377 e. The normalized spacial score (nSPS) is 12.6. The van der Waals surface area contributed by atoms with Crippen molar-refractivity contribution in [2.75, 3.05) is 34.3 Å². The summed E-state index contributed by atoms with van der Waals surface area (Å²) in [5.74, 6) is 0.108. The van der Waals surface area contributed by atoms with Crippen molar-refractivity contribution in [1.29, 1.82) is 0 Å². The van der Waals surface area contributed by atoms with Crippen LogP contribution >= 0.6 is 0 Å². The molecule has 4 heteroatoms. The molecule has 0 heterocycles. The van der Waals surface area contributed by atoms with E-state index in [1.807, 2.05) is 14.0 Å². The molecular formula is C9H20N2O2. The van der Waals surface area contributed by atoms with Crippen LogP contribution < -0.4 is 5.32 Å². The summed E-state index contributed by atoms with van der Waals surface area (Å²) in [5.41, 5.74) is 0. The van der Waals surface area contributed by atoms with Crippen LogP contribution in [0.5, 0.6) is 0 Å². The van der Waals surface area contributed by atoms with Gasteiger partial charge in [-0.1, -0.05) is 0 Å². The van der Waals surface area contributed by atoms with Gasteiger partial charge in [0.25, 0.3) is 0 Å². The Morgan fingerprint density at radius 2 is 2.15 bits per heavy atom. The molecule has 0 aliphatic rings. The van der Waals surface area contributed by atoms with Gasteiger partial charge in [-0.3, -0.25) is 4.79 Å². The topological polar surface area (TPSA) is 41.6 Å². The van der Waals surface area contributed by atoms with Crippen molar-refractivity contribution >= 4 is 5.91 Å². The maximum Gasteiger partial charge on any atom is 0.224 e. The zero-order valence-electron chi connectivity index (χ0n) is 8.96. The second-order valence-electron chi connectivity index (χ2n) is 3.28. The summed E-state index contributed by atoms with van der Waals surface area (Å²) >= 11 is 0. The van der Waals surface area contributed by atoms with Crippen LogP contribution in [0.4, 0.5) is 0 Å². The Bertz CT molecular complexity index is 149. The van der Waals surface area contributed by atoms with Gasteiger partial charge in [-0.25, -0.2) is 0 Å². The van der Waals surface area contributed by atoms with Gasteiger partial charge in [0, 0.05) is 20.6 Å². The number of likely N-dealkylation sites (N-methyl/N-ethyl adjacent to an activating group) is 1. The molecule has 0 saturated heterocycles. The van der Waals surface area contributed by atoms with Crippen LogP contribution in [0.15, 0.2) is 0 Å². The smallest absolute Gasteiger partial charge is 0.224 e. The molecule has 0 aromatic heterocycles. The fourth-order valence-electron chi connectivity index (χ4n) is 0.917. The Hall–Kier alpha value is -0.610. The lowest BCUT2D eigenvalue weighted by molar-refractivity contribution is -0.130. The molecule has 0 rings (SSSR count). The Morgan fingerprint density at radius 1 is 1.54 bits per heavy atom. The monoisotopic (exact) mass is 188 g/mol. The van der Waals surface area contributed by atoms with E-state index in [0.717, 1.165) is 6.54 Å². The summed E-state index contributed by atoms with van der Waals surface area (Å²) in [7, 11) is 5.38. The number of rotatable bonds is 6. The lowest BCUT2D eigenvalue weighted by Gasteiger charge is -2.14. The maximum absolute atomic E-state index is 11.1. The van der Waals surface area contributed by atoms with Crippen molar-refractivity contribution in [2.45, 2.75) is 19.4 Å². The van der Waals surface area contributed by atoms with E-state index in [4.69, 9.17) is 4.74 Å². The molecular weight excluding hydrogens is 168 g/mol. The van der Waals surface area contributed by atoms with Crippen molar-refractivity contribution in [3.8, 4) is 0 Å². The van der Waals surface area contributed by atoms with Crippen LogP contribution in [0, 0.1) is 0 Å². The highest BCUT2D eigenvalue weighted by Crippen LogP contribution is 1.93. The predicted molar refractivity (Wildman–Crippen MR) is 52.7 cm³/mol. The van der Waals surface area contributed by atoms with Crippen molar-refractivity contribution < 1.29 is 9.53 Å². The molecule has 0 aromatic carbocycles. The van der Waals surface area contributed by atoms with Gasteiger partial charge in [0.05, 0.1) is 19.1 Å². The molecule has 78 valence electrons. The molecule has 0 aliphatic heterocycles. The van der Waals surface area contributed by atoms with Crippen molar-refractivity contribution in [3.05, 3.63) is 0 Å². The first kappa shape index (κ1) is 12.4. The minimum Gasteiger partial charge on any atom is -0.377 e. The van der Waals surface area contributed by atoms with E-state index in [2.05, 4.69) is 5.32 Å². The van der Waals surface area contributed by atoms with Gasteiger partial charge >= 0.3 is 0 Å². The Morgan fingerprint density at radius 3 is 2.62 bits per heavy atom. The molecule has 13 heavy (non-hydrogen) atoms. The highest BCUT2D eigenvalue weighted by atomic mass is 16.5. The minimum absolute atomic E-state index is 0.108. The summed E-state index contributed by atoms with van der Waals surface area (Å²) in [5, 5.41) is 3.01. The number of hydrogen-bond donors (Lipinski definition) is 1. The number of amides is 1. The van der Waals surface area contributed by atoms with Gasteiger partial charge in [-0.2, -0.15) is 0 Å². The molecule has 0 radical (unpaired) electrons. The van der Waals surface area contributed by atoms with Crippen LogP contribution in [0.25, 0.3) is 0 Å². The summed E-state index contributed by atoms with van der Waals surface area (Å²) in [6.07, 6.45) is 0.626. The van der Waals surface area contributed by atoms with Gasteiger partial charge in [0.15, 0.2) is 0 Å². The summed E-state index contributed by atoms with van der Waals surface area (Å²) in [6, 6.07) is 0. The Balaban J connectivity index is 3.39. The standard InChI is InChI=1S/C9H20N2O2/c1-8(7-10-2)13-6-5-9(12)11(3)4/h8,10H,5-7H2,1-4H3. The number of carbonyl (C=O) groups is 1. The Kier molecular flexibility index (Phi) is 6.54. The van der Waals surface area contributed by atoms with Crippen LogP contribution in [0.2, 0.25) is 0 Å².